The molecule has 0 radical (unpaired) electrons. The number of rotatable bonds is 5. The van der Waals surface area contributed by atoms with Crippen LogP contribution in [0.15, 0.2) is 24.3 Å². The predicted octanol–water partition coefficient (Wildman–Crippen LogP) is 5.41. The van der Waals surface area contributed by atoms with Crippen LogP contribution in [0.2, 0.25) is 0 Å². The second-order valence-electron chi connectivity index (χ2n) is 6.88. The highest BCUT2D eigenvalue weighted by Gasteiger charge is 2.26. The minimum Gasteiger partial charge on any atom is -0.382 e. The van der Waals surface area contributed by atoms with Gasteiger partial charge in [-0.05, 0) is 61.6 Å². The molecule has 1 saturated carbocycles. The van der Waals surface area contributed by atoms with Gasteiger partial charge in [0.2, 0.25) is 0 Å². The highest BCUT2D eigenvalue weighted by atomic mass is 14.9. The van der Waals surface area contributed by atoms with Gasteiger partial charge in [-0.2, -0.15) is 0 Å². The van der Waals surface area contributed by atoms with Gasteiger partial charge in [0.05, 0.1) is 0 Å². The van der Waals surface area contributed by atoms with E-state index in [1.54, 1.807) is 0 Å². The normalized spacial score (nSPS) is 19.3. The van der Waals surface area contributed by atoms with Crippen molar-refractivity contribution < 1.29 is 0 Å². The lowest BCUT2D eigenvalue weighted by Crippen LogP contribution is -2.29. The fraction of sp³-hybridized carbons (Fsp3) is 0.667. The summed E-state index contributed by atoms with van der Waals surface area (Å²) in [6.45, 7) is 7.04. The molecule has 2 rings (SSSR count). The summed E-state index contributed by atoms with van der Waals surface area (Å²) in [5, 5.41) is 3.70. The molecule has 1 fully saturated rings. The molecule has 1 aliphatic carbocycles. The van der Waals surface area contributed by atoms with Gasteiger partial charge in [-0.1, -0.05) is 39.3 Å². The van der Waals surface area contributed by atoms with Gasteiger partial charge in [-0.15, -0.1) is 0 Å². The summed E-state index contributed by atoms with van der Waals surface area (Å²) in [6, 6.07) is 9.75. The number of hydrogen-bond donors (Lipinski definition) is 1. The molecular formula is C18H29N. The number of unbranched alkanes of at least 4 members (excludes halogenated alkanes) is 1. The third-order valence-corrected chi connectivity index (χ3v) is 4.48. The predicted molar refractivity (Wildman–Crippen MR) is 84.7 cm³/mol. The zero-order chi connectivity index (χ0) is 13.7. The Morgan fingerprint density at radius 3 is 2.32 bits per heavy atom. The van der Waals surface area contributed by atoms with Gasteiger partial charge in [0.1, 0.15) is 0 Å². The Bertz CT molecular complexity index is 367. The molecule has 19 heavy (non-hydrogen) atoms. The molecule has 106 valence electrons. The standard InChI is InChI=1S/C18H29N/c1-4-5-6-15-7-9-16(10-8-15)19-17-11-13-18(2,3)14-12-17/h7-10,17,19H,4-6,11-14H2,1-3H3. The van der Waals surface area contributed by atoms with Crippen molar-refractivity contribution in [2.45, 2.75) is 71.8 Å². The lowest BCUT2D eigenvalue weighted by molar-refractivity contribution is 0.232. The third-order valence-electron chi connectivity index (χ3n) is 4.48. The minimum atomic E-state index is 0.558. The third kappa shape index (κ3) is 4.56. The maximum absolute atomic E-state index is 3.70. The number of hydrogen-bond acceptors (Lipinski definition) is 1. The van der Waals surface area contributed by atoms with Gasteiger partial charge in [-0.3, -0.25) is 0 Å². The smallest absolute Gasteiger partial charge is 0.0342 e. The molecule has 1 aromatic carbocycles. The molecule has 0 spiro atoms. The Morgan fingerprint density at radius 2 is 1.74 bits per heavy atom. The number of nitrogens with one attached hydrogen (secondary N) is 1. The Kier molecular flexibility index (Phi) is 4.90. The van der Waals surface area contributed by atoms with Crippen LogP contribution in [0.3, 0.4) is 0 Å². The Balaban J connectivity index is 1.83. The highest BCUT2D eigenvalue weighted by Crippen LogP contribution is 2.36. The van der Waals surface area contributed by atoms with Crippen molar-refractivity contribution >= 4 is 5.69 Å². The average molecular weight is 259 g/mol. The quantitative estimate of drug-likeness (QED) is 0.745. The second-order valence-corrected chi connectivity index (χ2v) is 6.88. The Labute approximate surface area is 118 Å². The molecule has 1 aliphatic rings. The van der Waals surface area contributed by atoms with E-state index < -0.39 is 0 Å². The van der Waals surface area contributed by atoms with Crippen LogP contribution in [0, 0.1) is 5.41 Å². The fourth-order valence-corrected chi connectivity index (χ4v) is 2.93. The molecule has 1 nitrogen and oxygen atoms in total. The van der Waals surface area contributed by atoms with Crippen LogP contribution >= 0.6 is 0 Å². The molecule has 1 N–H and O–H groups in total. The van der Waals surface area contributed by atoms with Gasteiger partial charge in [0.25, 0.3) is 0 Å². The summed E-state index contributed by atoms with van der Waals surface area (Å²) < 4.78 is 0. The van der Waals surface area contributed by atoms with Crippen molar-refractivity contribution in [3.05, 3.63) is 29.8 Å². The van der Waals surface area contributed by atoms with E-state index in [0.29, 0.717) is 11.5 Å². The summed E-state index contributed by atoms with van der Waals surface area (Å²) in [5.74, 6) is 0. The molecule has 1 aromatic rings. The van der Waals surface area contributed by atoms with E-state index in [4.69, 9.17) is 0 Å². The number of aryl methyl sites for hydroxylation is 1. The van der Waals surface area contributed by atoms with Crippen molar-refractivity contribution in [2.75, 3.05) is 5.32 Å². The lowest BCUT2D eigenvalue weighted by Gasteiger charge is -2.35. The van der Waals surface area contributed by atoms with E-state index in [0.717, 1.165) is 0 Å². The fourth-order valence-electron chi connectivity index (χ4n) is 2.93. The molecule has 1 heteroatoms. The summed E-state index contributed by atoms with van der Waals surface area (Å²) in [7, 11) is 0. The Morgan fingerprint density at radius 1 is 1.11 bits per heavy atom. The number of anilines is 1. The van der Waals surface area contributed by atoms with Crippen molar-refractivity contribution in [3.63, 3.8) is 0 Å². The van der Waals surface area contributed by atoms with Crippen molar-refractivity contribution in [2.24, 2.45) is 5.41 Å². The molecule has 0 heterocycles. The zero-order valence-corrected chi connectivity index (χ0v) is 12.8. The van der Waals surface area contributed by atoms with E-state index in [2.05, 4.69) is 50.4 Å². The van der Waals surface area contributed by atoms with Gasteiger partial charge in [-0.25, -0.2) is 0 Å². The van der Waals surface area contributed by atoms with Crippen LogP contribution in [0.1, 0.15) is 64.9 Å². The highest BCUT2D eigenvalue weighted by molar-refractivity contribution is 5.45. The molecule has 0 aliphatic heterocycles. The maximum atomic E-state index is 3.70. The minimum absolute atomic E-state index is 0.558. The lowest BCUT2D eigenvalue weighted by atomic mass is 9.75. The zero-order valence-electron chi connectivity index (χ0n) is 12.8. The molecule has 0 amide bonds. The first-order valence-electron chi connectivity index (χ1n) is 7.94. The van der Waals surface area contributed by atoms with Crippen LogP contribution in [0.4, 0.5) is 5.69 Å². The monoisotopic (exact) mass is 259 g/mol. The molecule has 0 aromatic heterocycles. The number of benzene rings is 1. The van der Waals surface area contributed by atoms with E-state index in [1.807, 2.05) is 0 Å². The molecular weight excluding hydrogens is 230 g/mol. The van der Waals surface area contributed by atoms with Gasteiger partial charge in [0, 0.05) is 11.7 Å². The summed E-state index contributed by atoms with van der Waals surface area (Å²) in [5.41, 5.74) is 3.32. The SMILES string of the molecule is CCCCc1ccc(NC2CCC(C)(C)CC2)cc1. The average Bonchev–Trinajstić information content (AvgIpc) is 2.40. The maximum Gasteiger partial charge on any atom is 0.0342 e. The topological polar surface area (TPSA) is 12.0 Å². The first-order chi connectivity index (χ1) is 9.09. The summed E-state index contributed by atoms with van der Waals surface area (Å²) >= 11 is 0. The van der Waals surface area contributed by atoms with E-state index in [1.165, 1.54) is 56.2 Å². The van der Waals surface area contributed by atoms with Crippen LogP contribution in [-0.4, -0.2) is 6.04 Å². The second kappa shape index (κ2) is 6.45. The van der Waals surface area contributed by atoms with Crippen LogP contribution in [0.25, 0.3) is 0 Å². The first kappa shape index (κ1) is 14.4. The molecule has 0 bridgehead atoms. The van der Waals surface area contributed by atoms with E-state index >= 15 is 0 Å². The van der Waals surface area contributed by atoms with E-state index in [-0.39, 0.29) is 0 Å². The van der Waals surface area contributed by atoms with Crippen molar-refractivity contribution in [1.82, 2.24) is 0 Å². The van der Waals surface area contributed by atoms with Crippen LogP contribution in [-0.2, 0) is 6.42 Å². The Hall–Kier alpha value is -0.980. The van der Waals surface area contributed by atoms with Gasteiger partial charge >= 0.3 is 0 Å². The van der Waals surface area contributed by atoms with Crippen molar-refractivity contribution in [1.29, 1.82) is 0 Å². The van der Waals surface area contributed by atoms with Crippen LogP contribution in [0.5, 0.6) is 0 Å². The molecule has 0 saturated heterocycles. The molecule has 0 atom stereocenters. The largest absolute Gasteiger partial charge is 0.382 e. The van der Waals surface area contributed by atoms with E-state index in [9.17, 15) is 0 Å². The van der Waals surface area contributed by atoms with Crippen molar-refractivity contribution in [3.8, 4) is 0 Å². The van der Waals surface area contributed by atoms with Crippen LogP contribution < -0.4 is 5.32 Å². The van der Waals surface area contributed by atoms with Gasteiger partial charge < -0.3 is 5.32 Å². The van der Waals surface area contributed by atoms with Gasteiger partial charge in [0.15, 0.2) is 0 Å². The molecule has 0 unspecified atom stereocenters. The summed E-state index contributed by atoms with van der Waals surface area (Å²) in [4.78, 5) is 0. The summed E-state index contributed by atoms with van der Waals surface area (Å²) in [6.07, 6.45) is 9.10. The first-order valence-corrected chi connectivity index (χ1v) is 7.94.